The van der Waals surface area contributed by atoms with Crippen LogP contribution in [-0.4, -0.2) is 17.4 Å². The fourth-order valence-electron chi connectivity index (χ4n) is 2.90. The van der Waals surface area contributed by atoms with Crippen molar-refractivity contribution in [3.63, 3.8) is 0 Å². The number of rotatable bonds is 10. The summed E-state index contributed by atoms with van der Waals surface area (Å²) in [6.45, 7) is 3.75. The normalized spacial score (nSPS) is 10.5. The van der Waals surface area contributed by atoms with E-state index in [0.717, 1.165) is 18.5 Å². The zero-order valence-corrected chi connectivity index (χ0v) is 14.8. The number of nitrogens with zero attached hydrogens (tertiary/aromatic N) is 1. The Labute approximate surface area is 146 Å². The summed E-state index contributed by atoms with van der Waals surface area (Å²) in [5, 5.41) is 0. The maximum absolute atomic E-state index is 12.8. The number of hydrogen-bond donors (Lipinski definition) is 0. The number of unbranched alkanes of at least 4 members (excludes halogenated alkanes) is 5. The van der Waals surface area contributed by atoms with Gasteiger partial charge in [-0.2, -0.15) is 0 Å². The molecule has 0 bridgehead atoms. The summed E-state index contributed by atoms with van der Waals surface area (Å²) in [6.07, 6.45) is 7.44. The molecule has 0 spiro atoms. The van der Waals surface area contributed by atoms with Crippen LogP contribution in [0.25, 0.3) is 0 Å². The summed E-state index contributed by atoms with van der Waals surface area (Å²) < 4.78 is 0. The molecule has 2 aromatic rings. The van der Waals surface area contributed by atoms with Gasteiger partial charge in [0.05, 0.1) is 0 Å². The summed E-state index contributed by atoms with van der Waals surface area (Å²) in [5.74, 6) is 0.132. The third-order valence-electron chi connectivity index (χ3n) is 4.31. The van der Waals surface area contributed by atoms with Crippen LogP contribution in [0, 0.1) is 0 Å². The molecule has 0 saturated heterocycles. The molecule has 1 amide bonds. The van der Waals surface area contributed by atoms with Crippen LogP contribution < -0.4 is 0 Å². The monoisotopic (exact) mass is 323 g/mol. The van der Waals surface area contributed by atoms with Crippen LogP contribution in [0.4, 0.5) is 0 Å². The van der Waals surface area contributed by atoms with E-state index in [4.69, 9.17) is 0 Å². The molecule has 128 valence electrons. The van der Waals surface area contributed by atoms with E-state index in [1.54, 1.807) is 0 Å². The number of carbonyl (C=O) groups is 1. The predicted molar refractivity (Wildman–Crippen MR) is 101 cm³/mol. The molecule has 0 aliphatic carbocycles. The quantitative estimate of drug-likeness (QED) is 0.514. The van der Waals surface area contributed by atoms with Crippen LogP contribution in [0.15, 0.2) is 60.7 Å². The molecule has 2 rings (SSSR count). The van der Waals surface area contributed by atoms with E-state index >= 15 is 0 Å². The van der Waals surface area contributed by atoms with Crippen molar-refractivity contribution in [3.05, 3.63) is 71.8 Å². The van der Waals surface area contributed by atoms with E-state index < -0.39 is 0 Å². The first-order valence-electron chi connectivity index (χ1n) is 9.19. The van der Waals surface area contributed by atoms with Gasteiger partial charge in [0, 0.05) is 18.7 Å². The minimum atomic E-state index is 0.132. The van der Waals surface area contributed by atoms with Gasteiger partial charge in [0.1, 0.15) is 0 Å². The van der Waals surface area contributed by atoms with Gasteiger partial charge < -0.3 is 4.90 Å². The zero-order chi connectivity index (χ0) is 17.0. The number of benzene rings is 2. The van der Waals surface area contributed by atoms with Crippen LogP contribution >= 0.6 is 0 Å². The van der Waals surface area contributed by atoms with Crippen LogP contribution in [0.5, 0.6) is 0 Å². The summed E-state index contributed by atoms with van der Waals surface area (Å²) in [7, 11) is 0. The molecular formula is C22H29NO. The number of hydrogen-bond acceptors (Lipinski definition) is 1. The van der Waals surface area contributed by atoms with Gasteiger partial charge in [-0.3, -0.25) is 4.79 Å². The van der Waals surface area contributed by atoms with Gasteiger partial charge in [-0.1, -0.05) is 87.6 Å². The highest BCUT2D eigenvalue weighted by molar-refractivity contribution is 5.94. The van der Waals surface area contributed by atoms with E-state index in [0.29, 0.717) is 6.54 Å². The molecular weight excluding hydrogens is 294 g/mol. The molecule has 24 heavy (non-hydrogen) atoms. The molecule has 0 radical (unpaired) electrons. The third kappa shape index (κ3) is 6.19. The molecule has 0 aliphatic rings. The van der Waals surface area contributed by atoms with Crippen molar-refractivity contribution in [2.75, 3.05) is 6.54 Å². The lowest BCUT2D eigenvalue weighted by Crippen LogP contribution is -2.31. The van der Waals surface area contributed by atoms with Crippen molar-refractivity contribution in [2.24, 2.45) is 0 Å². The van der Waals surface area contributed by atoms with E-state index in [-0.39, 0.29) is 5.91 Å². The molecule has 0 unspecified atom stereocenters. The van der Waals surface area contributed by atoms with E-state index in [1.807, 2.05) is 53.4 Å². The Morgan fingerprint density at radius 3 is 2.04 bits per heavy atom. The molecule has 0 saturated carbocycles. The predicted octanol–water partition coefficient (Wildman–Crippen LogP) is 5.69. The lowest BCUT2D eigenvalue weighted by atomic mass is 10.1. The highest BCUT2D eigenvalue weighted by Gasteiger charge is 2.15. The highest BCUT2D eigenvalue weighted by atomic mass is 16.2. The molecule has 0 aliphatic heterocycles. The van der Waals surface area contributed by atoms with Gasteiger partial charge in [-0.05, 0) is 24.1 Å². The van der Waals surface area contributed by atoms with Crippen LogP contribution in [0.2, 0.25) is 0 Å². The fraction of sp³-hybridized carbons (Fsp3) is 0.409. The van der Waals surface area contributed by atoms with Crippen molar-refractivity contribution >= 4 is 5.91 Å². The van der Waals surface area contributed by atoms with Gasteiger partial charge in [0.25, 0.3) is 5.91 Å². The van der Waals surface area contributed by atoms with Gasteiger partial charge >= 0.3 is 0 Å². The van der Waals surface area contributed by atoms with Crippen LogP contribution in [-0.2, 0) is 6.54 Å². The second-order valence-corrected chi connectivity index (χ2v) is 6.35. The summed E-state index contributed by atoms with van der Waals surface area (Å²) in [6, 6.07) is 19.9. The first-order chi connectivity index (χ1) is 11.8. The van der Waals surface area contributed by atoms with Gasteiger partial charge in [0.15, 0.2) is 0 Å². The summed E-state index contributed by atoms with van der Waals surface area (Å²) in [5.41, 5.74) is 1.96. The number of carbonyl (C=O) groups excluding carboxylic acids is 1. The maximum Gasteiger partial charge on any atom is 0.254 e. The maximum atomic E-state index is 12.8. The van der Waals surface area contributed by atoms with Crippen molar-refractivity contribution in [1.82, 2.24) is 4.90 Å². The van der Waals surface area contributed by atoms with Crippen LogP contribution in [0.1, 0.15) is 61.4 Å². The molecule has 2 aromatic carbocycles. The van der Waals surface area contributed by atoms with Gasteiger partial charge in [0.2, 0.25) is 0 Å². The Balaban J connectivity index is 1.95. The average molecular weight is 323 g/mol. The molecule has 2 nitrogen and oxygen atoms in total. The third-order valence-corrected chi connectivity index (χ3v) is 4.31. The lowest BCUT2D eigenvalue weighted by Gasteiger charge is -2.23. The second-order valence-electron chi connectivity index (χ2n) is 6.35. The highest BCUT2D eigenvalue weighted by Crippen LogP contribution is 2.13. The largest absolute Gasteiger partial charge is 0.334 e. The standard InChI is InChI=1S/C22H29NO/c1-2-3-4-5-6-13-18-23(19-20-14-9-7-10-15-20)22(24)21-16-11-8-12-17-21/h7-12,14-17H,2-6,13,18-19H2,1H3. The Bertz CT molecular complexity index is 579. The molecule has 0 aromatic heterocycles. The van der Waals surface area contributed by atoms with Crippen molar-refractivity contribution in [3.8, 4) is 0 Å². The minimum absolute atomic E-state index is 0.132. The average Bonchev–Trinajstić information content (AvgIpc) is 2.64. The van der Waals surface area contributed by atoms with Crippen molar-refractivity contribution in [1.29, 1.82) is 0 Å². The first-order valence-corrected chi connectivity index (χ1v) is 9.19. The Morgan fingerprint density at radius 1 is 0.792 bits per heavy atom. The first kappa shape index (κ1) is 18.3. The zero-order valence-electron chi connectivity index (χ0n) is 14.8. The molecule has 0 fully saturated rings. The molecule has 0 N–H and O–H groups in total. The Hall–Kier alpha value is -2.09. The summed E-state index contributed by atoms with van der Waals surface area (Å²) >= 11 is 0. The SMILES string of the molecule is CCCCCCCCN(Cc1ccccc1)C(=O)c1ccccc1. The van der Waals surface area contributed by atoms with Gasteiger partial charge in [-0.15, -0.1) is 0 Å². The lowest BCUT2D eigenvalue weighted by molar-refractivity contribution is 0.0740. The van der Waals surface area contributed by atoms with E-state index in [2.05, 4.69) is 19.1 Å². The number of amides is 1. The van der Waals surface area contributed by atoms with E-state index in [9.17, 15) is 4.79 Å². The molecule has 0 atom stereocenters. The minimum Gasteiger partial charge on any atom is -0.334 e. The van der Waals surface area contributed by atoms with E-state index in [1.165, 1.54) is 37.7 Å². The smallest absolute Gasteiger partial charge is 0.254 e. The van der Waals surface area contributed by atoms with Crippen LogP contribution in [0.3, 0.4) is 0 Å². The van der Waals surface area contributed by atoms with Crippen molar-refractivity contribution < 1.29 is 4.79 Å². The summed E-state index contributed by atoms with van der Waals surface area (Å²) in [4.78, 5) is 14.8. The molecule has 2 heteroatoms. The second kappa shape index (κ2) is 10.6. The Morgan fingerprint density at radius 2 is 1.38 bits per heavy atom. The fourth-order valence-corrected chi connectivity index (χ4v) is 2.90. The molecule has 0 heterocycles. The topological polar surface area (TPSA) is 20.3 Å². The van der Waals surface area contributed by atoms with Crippen molar-refractivity contribution in [2.45, 2.75) is 52.0 Å². The van der Waals surface area contributed by atoms with Gasteiger partial charge in [-0.25, -0.2) is 0 Å². The Kier molecular flexibility index (Phi) is 8.09.